The average Bonchev–Trinajstić information content (AvgIpc) is 3.61. The molecule has 0 saturated heterocycles. The third-order valence-corrected chi connectivity index (χ3v) is 8.02. The Labute approximate surface area is 239 Å². The van der Waals surface area contributed by atoms with Crippen molar-refractivity contribution < 1.29 is 19.0 Å². The maximum absolute atomic E-state index is 14.0. The largest absolute Gasteiger partial charge is 0.490 e. The van der Waals surface area contributed by atoms with Crippen LogP contribution in [0.15, 0.2) is 94.1 Å². The summed E-state index contributed by atoms with van der Waals surface area (Å²) in [6.45, 7) is 8.39. The topological polar surface area (TPSA) is 79.1 Å². The molecule has 1 aliphatic heterocycles. The summed E-state index contributed by atoms with van der Waals surface area (Å²) in [4.78, 5) is 33.6. The molecular weight excluding hydrogens is 544 g/mol. The highest BCUT2D eigenvalue weighted by atomic mass is 32.1. The highest BCUT2D eigenvalue weighted by Crippen LogP contribution is 2.37. The lowest BCUT2D eigenvalue weighted by atomic mass is 9.97. The molecule has 0 bridgehead atoms. The van der Waals surface area contributed by atoms with E-state index in [1.165, 1.54) is 22.7 Å². The van der Waals surface area contributed by atoms with Gasteiger partial charge in [-0.2, -0.15) is 0 Å². The molecule has 1 aliphatic rings. The van der Waals surface area contributed by atoms with E-state index >= 15 is 0 Å². The molecule has 3 heterocycles. The van der Waals surface area contributed by atoms with Crippen LogP contribution in [0.5, 0.6) is 11.5 Å². The van der Waals surface area contributed by atoms with Gasteiger partial charge in [0, 0.05) is 10.4 Å². The molecule has 2 aromatic heterocycles. The number of thiophene rings is 1. The van der Waals surface area contributed by atoms with E-state index in [9.17, 15) is 9.59 Å². The molecule has 9 heteroatoms. The van der Waals surface area contributed by atoms with E-state index in [1.54, 1.807) is 17.6 Å². The highest BCUT2D eigenvalue weighted by molar-refractivity contribution is 7.10. The van der Waals surface area contributed by atoms with Gasteiger partial charge < -0.3 is 14.2 Å². The van der Waals surface area contributed by atoms with Crippen LogP contribution < -0.4 is 24.4 Å². The second-order valence-electron chi connectivity index (χ2n) is 8.69. The number of rotatable bonds is 10. The van der Waals surface area contributed by atoms with E-state index in [0.29, 0.717) is 45.3 Å². The first kappa shape index (κ1) is 27.4. The zero-order chi connectivity index (χ0) is 28.1. The number of benzene rings is 2. The van der Waals surface area contributed by atoms with Crippen molar-refractivity contribution in [2.24, 2.45) is 4.99 Å². The van der Waals surface area contributed by atoms with Gasteiger partial charge in [0.15, 0.2) is 16.3 Å². The van der Waals surface area contributed by atoms with Crippen molar-refractivity contribution in [3.63, 3.8) is 0 Å². The number of hydrogen-bond donors (Lipinski definition) is 0. The van der Waals surface area contributed by atoms with Crippen LogP contribution in [0.2, 0.25) is 0 Å². The zero-order valence-electron chi connectivity index (χ0n) is 22.2. The normalized spacial score (nSPS) is 14.8. The van der Waals surface area contributed by atoms with E-state index in [2.05, 4.69) is 6.58 Å². The van der Waals surface area contributed by atoms with Crippen molar-refractivity contribution in [1.82, 2.24) is 4.57 Å². The summed E-state index contributed by atoms with van der Waals surface area (Å²) in [5, 5.41) is 1.93. The van der Waals surface area contributed by atoms with Gasteiger partial charge in [-0.3, -0.25) is 9.36 Å². The predicted octanol–water partition coefficient (Wildman–Crippen LogP) is 4.96. The van der Waals surface area contributed by atoms with Crippen LogP contribution in [0.3, 0.4) is 0 Å². The fourth-order valence-electron chi connectivity index (χ4n) is 4.46. The summed E-state index contributed by atoms with van der Waals surface area (Å²) >= 11 is 2.76. The number of aromatic nitrogens is 1. The van der Waals surface area contributed by atoms with Gasteiger partial charge in [0.1, 0.15) is 12.6 Å². The number of carbonyl (C=O) groups excluding carboxylic acids is 1. The fourth-order valence-corrected chi connectivity index (χ4v) is 6.28. The Morgan fingerprint density at radius 3 is 2.58 bits per heavy atom. The first-order chi connectivity index (χ1) is 19.5. The Bertz CT molecular complexity index is 1730. The summed E-state index contributed by atoms with van der Waals surface area (Å²) in [5.41, 5.74) is 2.17. The summed E-state index contributed by atoms with van der Waals surface area (Å²) in [5.74, 6) is 0.692. The molecule has 0 aliphatic carbocycles. The summed E-state index contributed by atoms with van der Waals surface area (Å²) in [6.07, 6.45) is 3.48. The maximum atomic E-state index is 14.0. The minimum atomic E-state index is -0.665. The second-order valence-corrected chi connectivity index (χ2v) is 10.7. The zero-order valence-corrected chi connectivity index (χ0v) is 23.8. The lowest BCUT2D eigenvalue weighted by molar-refractivity contribution is -0.138. The standard InChI is InChI=1S/C31H28N2O5S2/c1-4-16-38-22-15-14-20(18-23(22)36-5-2)19-25-29(34)33-28(24-13-10-17-39-24)26(30(35)37-6-3)27(32-31(33)40-25)21-11-8-7-9-12-21/h4,7-15,17-19,28H,1,5-6,16H2,2-3H3/b25-19-/t28-/m1/s1. The second kappa shape index (κ2) is 12.3. The van der Waals surface area contributed by atoms with E-state index < -0.39 is 12.0 Å². The van der Waals surface area contributed by atoms with Crippen LogP contribution in [-0.4, -0.2) is 30.4 Å². The Morgan fingerprint density at radius 2 is 1.88 bits per heavy atom. The van der Waals surface area contributed by atoms with Gasteiger partial charge in [-0.25, -0.2) is 9.79 Å². The van der Waals surface area contributed by atoms with Gasteiger partial charge in [-0.05, 0) is 49.1 Å². The first-order valence-corrected chi connectivity index (χ1v) is 14.6. The van der Waals surface area contributed by atoms with Gasteiger partial charge in [-0.15, -0.1) is 11.3 Å². The lowest BCUT2D eigenvalue weighted by Gasteiger charge is -2.24. The van der Waals surface area contributed by atoms with Crippen molar-refractivity contribution >= 4 is 40.4 Å². The van der Waals surface area contributed by atoms with Crippen molar-refractivity contribution in [1.29, 1.82) is 0 Å². The number of esters is 1. The Kier molecular flexibility index (Phi) is 8.42. The first-order valence-electron chi connectivity index (χ1n) is 12.9. The van der Waals surface area contributed by atoms with E-state index in [-0.39, 0.29) is 12.2 Å². The summed E-state index contributed by atoms with van der Waals surface area (Å²) < 4.78 is 19.1. The molecule has 40 heavy (non-hydrogen) atoms. The van der Waals surface area contributed by atoms with E-state index in [4.69, 9.17) is 19.2 Å². The van der Waals surface area contributed by atoms with Crippen LogP contribution in [0, 0.1) is 0 Å². The maximum Gasteiger partial charge on any atom is 0.338 e. The van der Waals surface area contributed by atoms with Crippen molar-refractivity contribution in [3.05, 3.63) is 120 Å². The Morgan fingerprint density at radius 1 is 1.05 bits per heavy atom. The van der Waals surface area contributed by atoms with Gasteiger partial charge in [-0.1, -0.05) is 66.5 Å². The number of fused-ring (bicyclic) bond motifs is 1. The number of ether oxygens (including phenoxy) is 3. The smallest absolute Gasteiger partial charge is 0.338 e. The molecule has 0 saturated carbocycles. The predicted molar refractivity (Wildman–Crippen MR) is 159 cm³/mol. The van der Waals surface area contributed by atoms with Gasteiger partial charge in [0.05, 0.1) is 29.0 Å². The Balaban J connectivity index is 1.71. The quantitative estimate of drug-likeness (QED) is 0.198. The SMILES string of the molecule is C=CCOc1ccc(/C=c2\sc3n(c2=O)[C@H](c2cccs2)C(C(=O)OCC)=C(c2ccccc2)N=3)cc1OCC. The third-order valence-electron chi connectivity index (χ3n) is 6.11. The van der Waals surface area contributed by atoms with Gasteiger partial charge in [0.25, 0.3) is 5.56 Å². The Hall–Kier alpha value is -4.21. The number of nitrogens with zero attached hydrogens (tertiary/aromatic N) is 2. The van der Waals surface area contributed by atoms with Gasteiger partial charge in [0.2, 0.25) is 0 Å². The molecule has 2 aromatic carbocycles. The molecule has 0 spiro atoms. The molecule has 7 nitrogen and oxygen atoms in total. The monoisotopic (exact) mass is 572 g/mol. The molecule has 0 unspecified atom stereocenters. The molecule has 5 rings (SSSR count). The minimum Gasteiger partial charge on any atom is -0.490 e. The van der Waals surface area contributed by atoms with Gasteiger partial charge >= 0.3 is 5.97 Å². The van der Waals surface area contributed by atoms with E-state index in [0.717, 1.165) is 16.0 Å². The van der Waals surface area contributed by atoms with Crippen LogP contribution in [0.4, 0.5) is 0 Å². The number of thiazole rings is 1. The lowest BCUT2D eigenvalue weighted by Crippen LogP contribution is -2.39. The van der Waals surface area contributed by atoms with Crippen molar-refractivity contribution in [3.8, 4) is 11.5 Å². The molecule has 0 N–H and O–H groups in total. The summed E-state index contributed by atoms with van der Waals surface area (Å²) in [6, 6.07) is 18.2. The van der Waals surface area contributed by atoms with E-state index in [1.807, 2.05) is 79.0 Å². The van der Waals surface area contributed by atoms with Crippen LogP contribution in [0.25, 0.3) is 11.8 Å². The number of hydrogen-bond acceptors (Lipinski definition) is 8. The summed E-state index contributed by atoms with van der Waals surface area (Å²) in [7, 11) is 0. The highest BCUT2D eigenvalue weighted by Gasteiger charge is 2.35. The van der Waals surface area contributed by atoms with Crippen molar-refractivity contribution in [2.75, 3.05) is 19.8 Å². The molecule has 0 amide bonds. The molecule has 0 radical (unpaired) electrons. The molecule has 0 fully saturated rings. The van der Waals surface area contributed by atoms with Crippen LogP contribution in [-0.2, 0) is 9.53 Å². The average molecular weight is 573 g/mol. The van der Waals surface area contributed by atoms with Crippen molar-refractivity contribution in [2.45, 2.75) is 19.9 Å². The van der Waals surface area contributed by atoms with Crippen LogP contribution >= 0.6 is 22.7 Å². The minimum absolute atomic E-state index is 0.209. The molecular formula is C31H28N2O5S2. The fraction of sp³-hybridized carbons (Fsp3) is 0.194. The molecule has 1 atom stereocenters. The third kappa shape index (κ3) is 5.43. The molecule has 204 valence electrons. The number of carbonyl (C=O) groups is 1. The molecule has 4 aromatic rings. The van der Waals surface area contributed by atoms with Crippen LogP contribution in [0.1, 0.15) is 35.9 Å².